The van der Waals surface area contributed by atoms with Crippen LogP contribution >= 0.6 is 11.8 Å². The van der Waals surface area contributed by atoms with Gasteiger partial charge in [-0.25, -0.2) is 0 Å². The van der Waals surface area contributed by atoms with E-state index in [2.05, 4.69) is 54.8 Å². The van der Waals surface area contributed by atoms with E-state index in [0.717, 1.165) is 38.0 Å². The molecule has 2 aromatic rings. The minimum absolute atomic E-state index is 0.182. The Morgan fingerprint density at radius 3 is 1.86 bits per heavy atom. The minimum atomic E-state index is 0.182. The van der Waals surface area contributed by atoms with Crippen molar-refractivity contribution in [1.29, 1.82) is 0 Å². The van der Waals surface area contributed by atoms with Gasteiger partial charge < -0.3 is 21.7 Å². The number of nitrogen functional groups attached to an aromatic ring is 2. The largest absolute Gasteiger partial charge is 0.400 e. The lowest BCUT2D eigenvalue weighted by Crippen LogP contribution is -2.03. The number of hydrogen-bond donors (Lipinski definition) is 4. The Morgan fingerprint density at radius 2 is 1.54 bits per heavy atom. The van der Waals surface area contributed by atoms with Gasteiger partial charge in [-0.15, -0.1) is 0 Å². The highest BCUT2D eigenvalue weighted by Gasteiger charge is 2.00. The number of thioether (sulfide) groups is 1. The maximum absolute atomic E-state index is 8.32. The third-order valence-corrected chi connectivity index (χ3v) is 4.02. The second-order valence-corrected chi connectivity index (χ2v) is 7.16. The molecule has 0 aliphatic heterocycles. The fraction of sp³-hybridized carbons (Fsp3) is 0.550. The van der Waals surface area contributed by atoms with E-state index in [-0.39, 0.29) is 11.9 Å². The number of nitrogens with zero attached hydrogens (tertiary/aromatic N) is 3. The lowest BCUT2D eigenvalue weighted by Gasteiger charge is -1.99. The second kappa shape index (κ2) is 19.9. The lowest BCUT2D eigenvalue weighted by atomic mass is 10.1. The summed E-state index contributed by atoms with van der Waals surface area (Å²) in [5.74, 6) is 2.07. The molecule has 0 atom stereocenters. The van der Waals surface area contributed by atoms with Gasteiger partial charge in [0, 0.05) is 19.5 Å². The zero-order valence-electron chi connectivity index (χ0n) is 17.8. The molecule has 1 aromatic heterocycles. The van der Waals surface area contributed by atoms with Crippen molar-refractivity contribution in [3.05, 3.63) is 35.9 Å². The summed E-state index contributed by atoms with van der Waals surface area (Å²) in [5.41, 5.74) is 12.1. The summed E-state index contributed by atoms with van der Waals surface area (Å²) in [7, 11) is 1.00. The third-order valence-electron chi connectivity index (χ3n) is 2.96. The van der Waals surface area contributed by atoms with Crippen LogP contribution in [0.25, 0.3) is 0 Å². The Hall–Kier alpha value is -1.90. The maximum atomic E-state index is 8.32. The van der Waals surface area contributed by atoms with Gasteiger partial charge in [-0.05, 0) is 32.1 Å². The van der Waals surface area contributed by atoms with Gasteiger partial charge in [-0.1, -0.05) is 68.4 Å². The summed E-state index contributed by atoms with van der Waals surface area (Å²) < 4.78 is 0. The lowest BCUT2D eigenvalue weighted by molar-refractivity contribution is 0.276. The van der Waals surface area contributed by atoms with E-state index in [9.17, 15) is 0 Å². The van der Waals surface area contributed by atoms with E-state index in [1.165, 1.54) is 17.3 Å². The standard InChI is InChI=1S/C7H8.C6H11N5S.C6H14O.CH4O/c1-7-5-3-2-4-6-7;1-2-3-12-6-10-4(7)9-5(8)11-6;1-6(2)4-3-5-7;1-2/h2-6H,1H3;2-3H2,1H3,(H4,7,8,9,10,11);6-7H,3-5H2,1-2H3;2H,1H3. The molecular formula is C20H37N5O2S. The molecule has 0 amide bonds. The van der Waals surface area contributed by atoms with Gasteiger partial charge in [0.15, 0.2) is 5.16 Å². The van der Waals surface area contributed by atoms with Crippen LogP contribution in [0.2, 0.25) is 0 Å². The van der Waals surface area contributed by atoms with Gasteiger partial charge in [-0.2, -0.15) is 15.0 Å². The van der Waals surface area contributed by atoms with E-state index in [1.807, 2.05) is 18.2 Å². The number of aliphatic hydroxyl groups excluding tert-OH is 2. The Morgan fingerprint density at radius 1 is 1.00 bits per heavy atom. The predicted molar refractivity (Wildman–Crippen MR) is 120 cm³/mol. The van der Waals surface area contributed by atoms with Crippen LogP contribution < -0.4 is 11.5 Å². The molecule has 7 nitrogen and oxygen atoms in total. The van der Waals surface area contributed by atoms with Crippen LogP contribution in [-0.2, 0) is 0 Å². The van der Waals surface area contributed by atoms with Crippen LogP contribution in [0.4, 0.5) is 11.9 Å². The smallest absolute Gasteiger partial charge is 0.225 e. The van der Waals surface area contributed by atoms with E-state index in [1.54, 1.807) is 0 Å². The highest BCUT2D eigenvalue weighted by atomic mass is 32.2. The normalized spacial score (nSPS) is 9.29. The molecule has 0 unspecified atom stereocenters. The molecule has 0 aliphatic carbocycles. The number of aromatic nitrogens is 3. The van der Waals surface area contributed by atoms with Crippen molar-refractivity contribution in [2.24, 2.45) is 5.92 Å². The van der Waals surface area contributed by atoms with Crippen molar-refractivity contribution in [3.63, 3.8) is 0 Å². The minimum Gasteiger partial charge on any atom is -0.400 e. The SMILES string of the molecule is CC(C)CCCO.CCCSc1nc(N)nc(N)n1.CO.Cc1ccccc1. The number of hydrogen-bond acceptors (Lipinski definition) is 8. The zero-order valence-corrected chi connectivity index (χ0v) is 18.6. The molecule has 0 saturated heterocycles. The topological polar surface area (TPSA) is 131 Å². The summed E-state index contributed by atoms with van der Waals surface area (Å²) in [5, 5.41) is 15.9. The Bertz CT molecular complexity index is 566. The molecule has 8 heteroatoms. The fourth-order valence-electron chi connectivity index (χ4n) is 1.68. The number of anilines is 2. The highest BCUT2D eigenvalue weighted by Crippen LogP contribution is 2.14. The van der Waals surface area contributed by atoms with Crippen molar-refractivity contribution in [2.45, 2.75) is 52.1 Å². The first kappa shape index (κ1) is 28.3. The molecule has 1 heterocycles. The van der Waals surface area contributed by atoms with Gasteiger partial charge in [-0.3, -0.25) is 0 Å². The number of nitrogens with two attached hydrogens (primary N) is 2. The van der Waals surface area contributed by atoms with Crippen LogP contribution in [-0.4, -0.2) is 44.6 Å². The van der Waals surface area contributed by atoms with E-state index < -0.39 is 0 Å². The van der Waals surface area contributed by atoms with Crippen molar-refractivity contribution in [2.75, 3.05) is 30.9 Å². The van der Waals surface area contributed by atoms with Crippen LogP contribution in [0.3, 0.4) is 0 Å². The molecular weight excluding hydrogens is 374 g/mol. The average molecular weight is 412 g/mol. The monoisotopic (exact) mass is 411 g/mol. The molecule has 0 fully saturated rings. The summed E-state index contributed by atoms with van der Waals surface area (Å²) in [6.45, 7) is 8.84. The van der Waals surface area contributed by atoms with Crippen molar-refractivity contribution < 1.29 is 10.2 Å². The zero-order chi connectivity index (χ0) is 21.8. The molecule has 0 bridgehead atoms. The molecule has 0 spiro atoms. The summed E-state index contributed by atoms with van der Waals surface area (Å²) in [6, 6.07) is 10.3. The number of aryl methyl sites for hydroxylation is 1. The second-order valence-electron chi connectivity index (χ2n) is 6.10. The molecule has 0 saturated carbocycles. The van der Waals surface area contributed by atoms with Gasteiger partial charge in [0.05, 0.1) is 0 Å². The number of aliphatic hydroxyl groups is 2. The van der Waals surface area contributed by atoms with Crippen LogP contribution in [0.1, 0.15) is 45.6 Å². The molecule has 0 radical (unpaired) electrons. The highest BCUT2D eigenvalue weighted by molar-refractivity contribution is 7.99. The van der Waals surface area contributed by atoms with Gasteiger partial charge in [0.1, 0.15) is 0 Å². The molecule has 1 aromatic carbocycles. The summed E-state index contributed by atoms with van der Waals surface area (Å²) in [4.78, 5) is 11.5. The first-order chi connectivity index (χ1) is 13.4. The van der Waals surface area contributed by atoms with E-state index >= 15 is 0 Å². The molecule has 2 rings (SSSR count). The van der Waals surface area contributed by atoms with Gasteiger partial charge in [0.2, 0.25) is 11.9 Å². The van der Waals surface area contributed by atoms with Crippen LogP contribution in [0, 0.1) is 12.8 Å². The first-order valence-electron chi connectivity index (χ1n) is 9.36. The van der Waals surface area contributed by atoms with Gasteiger partial charge >= 0.3 is 0 Å². The van der Waals surface area contributed by atoms with Crippen molar-refractivity contribution >= 4 is 23.7 Å². The number of rotatable bonds is 6. The molecule has 0 aliphatic rings. The molecule has 6 N–H and O–H groups in total. The maximum Gasteiger partial charge on any atom is 0.225 e. The Labute approximate surface area is 174 Å². The van der Waals surface area contributed by atoms with Crippen LogP contribution in [0.15, 0.2) is 35.5 Å². The van der Waals surface area contributed by atoms with E-state index in [0.29, 0.717) is 11.8 Å². The Kier molecular flexibility index (Phi) is 20.1. The molecule has 160 valence electrons. The van der Waals surface area contributed by atoms with Gasteiger partial charge in [0.25, 0.3) is 0 Å². The summed E-state index contributed by atoms with van der Waals surface area (Å²) in [6.07, 6.45) is 3.17. The molecule has 28 heavy (non-hydrogen) atoms. The van der Waals surface area contributed by atoms with Crippen LogP contribution in [0.5, 0.6) is 0 Å². The first-order valence-corrected chi connectivity index (χ1v) is 10.3. The Balaban J connectivity index is 0. The van der Waals surface area contributed by atoms with Crippen molar-refractivity contribution in [3.8, 4) is 0 Å². The summed E-state index contributed by atoms with van der Waals surface area (Å²) >= 11 is 1.53. The predicted octanol–water partition coefficient (Wildman–Crippen LogP) is 3.56. The van der Waals surface area contributed by atoms with E-state index in [4.69, 9.17) is 21.7 Å². The average Bonchev–Trinajstić information content (AvgIpc) is 2.67. The number of benzene rings is 1. The van der Waals surface area contributed by atoms with Crippen molar-refractivity contribution in [1.82, 2.24) is 15.0 Å². The fourth-order valence-corrected chi connectivity index (χ4v) is 2.38. The third kappa shape index (κ3) is 18.9. The quantitative estimate of drug-likeness (QED) is 0.531.